The minimum atomic E-state index is 0.675. The summed E-state index contributed by atoms with van der Waals surface area (Å²) >= 11 is 0. The van der Waals surface area contributed by atoms with Gasteiger partial charge in [0, 0.05) is 22.3 Å². The van der Waals surface area contributed by atoms with Crippen molar-refractivity contribution in [2.45, 2.75) is 103 Å². The second kappa shape index (κ2) is 26.5. The molecule has 8 nitrogen and oxygen atoms in total. The van der Waals surface area contributed by atoms with E-state index in [1.807, 2.05) is 0 Å². The fourth-order valence-corrected chi connectivity index (χ4v) is 13.0. The molecule has 0 N–H and O–H groups in total. The van der Waals surface area contributed by atoms with Gasteiger partial charge in [0.15, 0.2) is 0 Å². The standard InChI is InChI=1S/2C38H38O4/c2*1-2-10-24-40-32-20-14-22-34-38(32)36-29-17-7-5-15-27(29)35(28-16-6-8-18-30(28)36)37-31(39-23-9-1)19-13-21-33(37)41-25-11-3-4-12-26-42-34/h2*5-8,13-22H,1-4,9-12,23-26H2. The second-order valence-corrected chi connectivity index (χ2v) is 22.6. The van der Waals surface area contributed by atoms with Crippen LogP contribution in [0.5, 0.6) is 46.0 Å². The average Bonchev–Trinajstić information content (AvgIpc) is 1.32. The van der Waals surface area contributed by atoms with Crippen LogP contribution in [0.15, 0.2) is 170 Å². The molecule has 4 aliphatic rings. The molecule has 428 valence electrons. The van der Waals surface area contributed by atoms with Crippen LogP contribution in [0.1, 0.15) is 103 Å². The number of ether oxygens (including phenoxy) is 8. The Labute approximate surface area is 494 Å². The summed E-state index contributed by atoms with van der Waals surface area (Å²) < 4.78 is 52.6. The topological polar surface area (TPSA) is 73.8 Å². The average molecular weight is 1120 g/mol. The molecule has 14 rings (SSSR count). The zero-order chi connectivity index (χ0) is 56.3. The lowest BCUT2D eigenvalue weighted by molar-refractivity contribution is 0.276. The summed E-state index contributed by atoms with van der Waals surface area (Å²) in [5.41, 5.74) is 8.75. The summed E-state index contributed by atoms with van der Waals surface area (Å²) in [5.74, 6) is 7.09. The molecule has 0 fully saturated rings. The molecule has 8 heteroatoms. The van der Waals surface area contributed by atoms with Crippen molar-refractivity contribution in [3.8, 4) is 90.5 Å². The van der Waals surface area contributed by atoms with E-state index in [1.54, 1.807) is 0 Å². The van der Waals surface area contributed by atoms with E-state index in [0.29, 0.717) is 52.9 Å². The maximum absolute atomic E-state index is 6.58. The smallest absolute Gasteiger partial charge is 0.130 e. The van der Waals surface area contributed by atoms with Gasteiger partial charge in [-0.25, -0.2) is 0 Å². The van der Waals surface area contributed by atoms with Gasteiger partial charge in [-0.15, -0.1) is 0 Å². The molecule has 0 saturated heterocycles. The molecule has 0 aromatic heterocycles. The van der Waals surface area contributed by atoms with Crippen LogP contribution < -0.4 is 37.9 Å². The molecule has 0 unspecified atom stereocenters. The first kappa shape index (κ1) is 54.9. The van der Waals surface area contributed by atoms with Gasteiger partial charge >= 0.3 is 0 Å². The predicted molar refractivity (Wildman–Crippen MR) is 342 cm³/mol. The summed E-state index contributed by atoms with van der Waals surface area (Å²) in [6.07, 6.45) is 16.8. The van der Waals surface area contributed by atoms with Crippen LogP contribution in [0.25, 0.3) is 87.6 Å². The Hall–Kier alpha value is -8.36. The lowest BCUT2D eigenvalue weighted by Crippen LogP contribution is -2.06. The third kappa shape index (κ3) is 11.5. The Bertz CT molecular complexity index is 3190. The predicted octanol–water partition coefficient (Wildman–Crippen LogP) is 20.0. The van der Waals surface area contributed by atoms with Gasteiger partial charge in [-0.1, -0.05) is 121 Å². The lowest BCUT2D eigenvalue weighted by Gasteiger charge is -2.24. The monoisotopic (exact) mass is 1120 g/mol. The summed E-state index contributed by atoms with van der Waals surface area (Å²) in [4.78, 5) is 0. The van der Waals surface area contributed by atoms with Gasteiger partial charge in [-0.3, -0.25) is 0 Å². The highest BCUT2D eigenvalue weighted by Crippen LogP contribution is 2.54. The van der Waals surface area contributed by atoms with Gasteiger partial charge in [0.05, 0.1) is 75.1 Å². The Morgan fingerprint density at radius 3 is 0.429 bits per heavy atom. The van der Waals surface area contributed by atoms with Gasteiger partial charge in [-0.05, 0) is 194 Å². The van der Waals surface area contributed by atoms with E-state index < -0.39 is 0 Å². The van der Waals surface area contributed by atoms with Crippen LogP contribution in [0.4, 0.5) is 0 Å². The SMILES string of the molecule is c1cc2c3c(c1)OCCCCCCOc1cccc(c1-c1c4ccccc4c-3c3ccccc13)OCCCCCCO2.c1cc2c3c(c1)OCCCCCCOc1cccc(c1-c1c4ccccc4c-3c3ccccc13)OCCCCCCO2. The minimum absolute atomic E-state index is 0.675. The van der Waals surface area contributed by atoms with Gasteiger partial charge in [0.25, 0.3) is 0 Å². The van der Waals surface area contributed by atoms with Crippen molar-refractivity contribution < 1.29 is 37.9 Å². The van der Waals surface area contributed by atoms with Crippen LogP contribution in [0.3, 0.4) is 0 Å². The van der Waals surface area contributed by atoms with Crippen LogP contribution in [0, 0.1) is 0 Å². The summed E-state index contributed by atoms with van der Waals surface area (Å²) in [5, 5.41) is 9.27. The minimum Gasteiger partial charge on any atom is -0.493 e. The van der Waals surface area contributed by atoms with Crippen molar-refractivity contribution in [2.75, 3.05) is 52.9 Å². The summed E-state index contributed by atoms with van der Waals surface area (Å²) in [7, 11) is 0. The van der Waals surface area contributed by atoms with Gasteiger partial charge in [0.1, 0.15) is 46.0 Å². The largest absolute Gasteiger partial charge is 0.493 e. The molecule has 0 saturated carbocycles. The number of hydrogen-bond donors (Lipinski definition) is 0. The Morgan fingerprint density at radius 2 is 0.286 bits per heavy atom. The molecule has 10 aromatic carbocycles. The van der Waals surface area contributed by atoms with E-state index in [2.05, 4.69) is 170 Å². The van der Waals surface area contributed by atoms with Gasteiger partial charge in [0.2, 0.25) is 0 Å². The third-order valence-electron chi connectivity index (χ3n) is 17.0. The molecule has 4 heterocycles. The number of fused-ring (bicyclic) bond motifs is 2. The van der Waals surface area contributed by atoms with Gasteiger partial charge in [-0.2, -0.15) is 0 Å². The Balaban J connectivity index is 0.000000157. The lowest BCUT2D eigenvalue weighted by atomic mass is 9.85. The van der Waals surface area contributed by atoms with Crippen LogP contribution >= 0.6 is 0 Å². The maximum atomic E-state index is 6.58. The van der Waals surface area contributed by atoms with Crippen molar-refractivity contribution >= 4 is 43.1 Å². The number of rotatable bonds is 0. The first-order chi connectivity index (χ1) is 41.8. The molecule has 0 atom stereocenters. The highest BCUT2D eigenvalue weighted by molar-refractivity contribution is 6.24. The number of hydrogen-bond acceptors (Lipinski definition) is 8. The van der Waals surface area contributed by atoms with Crippen LogP contribution in [-0.2, 0) is 0 Å². The van der Waals surface area contributed by atoms with E-state index in [4.69, 9.17) is 37.9 Å². The summed E-state index contributed by atoms with van der Waals surface area (Å²) in [6.45, 7) is 5.40. The molecule has 0 amide bonds. The Morgan fingerprint density at radius 1 is 0.143 bits per heavy atom. The third-order valence-corrected chi connectivity index (χ3v) is 17.0. The highest BCUT2D eigenvalue weighted by atomic mass is 16.5. The molecule has 0 spiro atoms. The molecule has 8 bridgehead atoms. The van der Waals surface area contributed by atoms with Gasteiger partial charge < -0.3 is 37.9 Å². The van der Waals surface area contributed by atoms with E-state index in [9.17, 15) is 0 Å². The van der Waals surface area contributed by atoms with E-state index in [0.717, 1.165) is 236 Å². The second-order valence-electron chi connectivity index (χ2n) is 22.6. The van der Waals surface area contributed by atoms with Crippen molar-refractivity contribution in [3.05, 3.63) is 170 Å². The molecule has 0 radical (unpaired) electrons. The highest BCUT2D eigenvalue weighted by Gasteiger charge is 2.28. The van der Waals surface area contributed by atoms with Crippen molar-refractivity contribution in [1.82, 2.24) is 0 Å². The van der Waals surface area contributed by atoms with E-state index in [-0.39, 0.29) is 0 Å². The molecular formula is C76H76O8. The molecule has 10 aromatic rings. The molecule has 4 aliphatic heterocycles. The fraction of sp³-hybridized carbons (Fsp3) is 0.316. The summed E-state index contributed by atoms with van der Waals surface area (Å²) in [6, 6.07) is 60.0. The van der Waals surface area contributed by atoms with Crippen LogP contribution in [-0.4, -0.2) is 52.9 Å². The maximum Gasteiger partial charge on any atom is 0.130 e. The fourth-order valence-electron chi connectivity index (χ4n) is 13.0. The zero-order valence-electron chi connectivity index (χ0n) is 48.4. The van der Waals surface area contributed by atoms with Crippen LogP contribution in [0.2, 0.25) is 0 Å². The zero-order valence-corrected chi connectivity index (χ0v) is 48.4. The normalized spacial score (nSPS) is 16.2. The molecular weight excluding hydrogens is 1040 g/mol. The van der Waals surface area contributed by atoms with Crippen molar-refractivity contribution in [3.63, 3.8) is 0 Å². The molecule has 0 aliphatic carbocycles. The number of benzene rings is 10. The molecule has 84 heavy (non-hydrogen) atoms. The van der Waals surface area contributed by atoms with Crippen molar-refractivity contribution in [2.24, 2.45) is 0 Å². The van der Waals surface area contributed by atoms with E-state index in [1.165, 1.54) is 0 Å². The first-order valence-corrected chi connectivity index (χ1v) is 31.2. The first-order valence-electron chi connectivity index (χ1n) is 31.2. The quantitative estimate of drug-likeness (QED) is 0.139. The van der Waals surface area contributed by atoms with Crippen molar-refractivity contribution in [1.29, 1.82) is 0 Å². The van der Waals surface area contributed by atoms with E-state index >= 15 is 0 Å². The Kier molecular flexibility index (Phi) is 17.3.